The summed E-state index contributed by atoms with van der Waals surface area (Å²) in [5.41, 5.74) is 13.0. The first-order valence-corrected chi connectivity index (χ1v) is 13.2. The molecule has 0 fully saturated rings. The Morgan fingerprint density at radius 3 is 2.46 bits per heavy atom. The van der Waals surface area contributed by atoms with Crippen molar-refractivity contribution in [3.8, 4) is 29.3 Å². The molecule has 0 saturated heterocycles. The number of thiophene rings is 1. The number of anilines is 1. The zero-order valence-electron chi connectivity index (χ0n) is 20.4. The number of benzene rings is 1. The molecule has 2 aromatic heterocycles. The number of halogens is 1. The zero-order chi connectivity index (χ0) is 28.1. The lowest BCUT2D eigenvalue weighted by Gasteiger charge is -2.27. The first kappa shape index (κ1) is 27.2. The summed E-state index contributed by atoms with van der Waals surface area (Å²) in [5, 5.41) is 31.5. The number of rotatable bonds is 7. The van der Waals surface area contributed by atoms with Gasteiger partial charge in [0.2, 0.25) is 5.88 Å². The Kier molecular flexibility index (Phi) is 8.16. The summed E-state index contributed by atoms with van der Waals surface area (Å²) < 4.78 is 24.6. The molecule has 1 aromatic carbocycles. The maximum absolute atomic E-state index is 13.6. The Morgan fingerprint density at radius 1 is 1.15 bits per heavy atom. The molecule has 9 nitrogen and oxygen atoms in total. The molecular formula is C27H19FN6O3S2. The molecule has 0 saturated carbocycles. The Hall–Kier alpha value is -4.83. The molecule has 0 amide bonds. The van der Waals surface area contributed by atoms with Crippen molar-refractivity contribution in [2.45, 2.75) is 17.9 Å². The van der Waals surface area contributed by atoms with Gasteiger partial charge in [0.15, 0.2) is 0 Å². The van der Waals surface area contributed by atoms with Crippen LogP contribution < -0.4 is 11.5 Å². The van der Waals surface area contributed by atoms with Gasteiger partial charge in [-0.3, -0.25) is 0 Å². The van der Waals surface area contributed by atoms with E-state index in [4.69, 9.17) is 20.9 Å². The maximum Gasteiger partial charge on any atom is 0.338 e. The summed E-state index contributed by atoms with van der Waals surface area (Å²) in [4.78, 5) is 18.1. The fourth-order valence-electron chi connectivity index (χ4n) is 4.04. The van der Waals surface area contributed by atoms with Crippen LogP contribution in [0.25, 0.3) is 11.1 Å². The highest BCUT2D eigenvalue weighted by Gasteiger charge is 2.38. The summed E-state index contributed by atoms with van der Waals surface area (Å²) in [6, 6.07) is 14.9. The number of ether oxygens (including phenoxy) is 2. The van der Waals surface area contributed by atoms with Crippen LogP contribution in [0.4, 0.5) is 10.2 Å². The summed E-state index contributed by atoms with van der Waals surface area (Å²) in [6.07, 6.45) is 0. The van der Waals surface area contributed by atoms with E-state index in [0.29, 0.717) is 10.4 Å². The van der Waals surface area contributed by atoms with Gasteiger partial charge in [0.25, 0.3) is 0 Å². The number of allylic oxidation sites excluding steroid dienone is 1. The van der Waals surface area contributed by atoms with E-state index >= 15 is 0 Å². The third-order valence-corrected chi connectivity index (χ3v) is 7.62. The Morgan fingerprint density at radius 2 is 1.87 bits per heavy atom. The maximum atomic E-state index is 13.6. The Labute approximate surface area is 231 Å². The first-order chi connectivity index (χ1) is 18.8. The minimum Gasteiger partial charge on any atom is -0.463 e. The lowest BCUT2D eigenvalue weighted by atomic mass is 9.87. The molecule has 3 heterocycles. The fourth-order valence-corrected chi connectivity index (χ4v) is 5.82. The lowest BCUT2D eigenvalue weighted by molar-refractivity contribution is -0.139. The van der Waals surface area contributed by atoms with Gasteiger partial charge in [0, 0.05) is 10.4 Å². The van der Waals surface area contributed by atoms with E-state index in [-0.39, 0.29) is 62.7 Å². The molecule has 0 spiro atoms. The number of nitrogen functional groups attached to an aromatic ring is 1. The van der Waals surface area contributed by atoms with Gasteiger partial charge in [-0.25, -0.2) is 14.2 Å². The van der Waals surface area contributed by atoms with E-state index < -0.39 is 17.7 Å². The van der Waals surface area contributed by atoms with Crippen LogP contribution in [0.5, 0.6) is 0 Å². The van der Waals surface area contributed by atoms with Crippen LogP contribution in [0.3, 0.4) is 0 Å². The predicted molar refractivity (Wildman–Crippen MR) is 143 cm³/mol. The summed E-state index contributed by atoms with van der Waals surface area (Å²) in [5.74, 6) is -2.14. The topological polar surface area (TPSA) is 172 Å². The van der Waals surface area contributed by atoms with Crippen molar-refractivity contribution in [3.05, 3.63) is 86.4 Å². The van der Waals surface area contributed by atoms with Crippen molar-refractivity contribution in [2.24, 2.45) is 5.73 Å². The number of nitrogens with zero attached hydrogens (tertiary/aromatic N) is 4. The molecule has 0 bridgehead atoms. The summed E-state index contributed by atoms with van der Waals surface area (Å²) >= 11 is 2.37. The van der Waals surface area contributed by atoms with Crippen LogP contribution in [-0.2, 0) is 14.3 Å². The minimum absolute atomic E-state index is 0.0218. The SMILES string of the molecule is CCOC(=O)C1=C(CSc2nc(N)c(C#N)c(-c3ccc(F)cc3)c2C#N)OC(N)=C(C#N)[C@H]1c1cccs1. The minimum atomic E-state index is -0.803. The highest BCUT2D eigenvalue weighted by atomic mass is 32.2. The molecule has 4 N–H and O–H groups in total. The van der Waals surface area contributed by atoms with Gasteiger partial charge in [-0.15, -0.1) is 11.3 Å². The van der Waals surface area contributed by atoms with E-state index in [0.717, 1.165) is 11.8 Å². The smallest absolute Gasteiger partial charge is 0.338 e. The van der Waals surface area contributed by atoms with Crippen molar-refractivity contribution in [1.82, 2.24) is 4.98 Å². The van der Waals surface area contributed by atoms with E-state index in [1.54, 1.807) is 19.1 Å². The van der Waals surface area contributed by atoms with Gasteiger partial charge < -0.3 is 20.9 Å². The summed E-state index contributed by atoms with van der Waals surface area (Å²) in [6.45, 7) is 1.75. The second-order valence-electron chi connectivity index (χ2n) is 7.94. The van der Waals surface area contributed by atoms with Gasteiger partial charge in [0.05, 0.1) is 29.4 Å². The van der Waals surface area contributed by atoms with E-state index in [1.165, 1.54) is 35.6 Å². The number of thioether (sulfide) groups is 1. The van der Waals surface area contributed by atoms with Crippen molar-refractivity contribution in [2.75, 3.05) is 18.1 Å². The lowest BCUT2D eigenvalue weighted by Crippen LogP contribution is -2.26. The van der Waals surface area contributed by atoms with Crippen molar-refractivity contribution < 1.29 is 18.7 Å². The van der Waals surface area contributed by atoms with Gasteiger partial charge in [0.1, 0.15) is 51.8 Å². The average molecular weight is 559 g/mol. The number of carbonyl (C=O) groups is 1. The molecule has 12 heteroatoms. The fraction of sp³-hybridized carbons (Fsp3) is 0.148. The highest BCUT2D eigenvalue weighted by Crippen LogP contribution is 2.43. The zero-order valence-corrected chi connectivity index (χ0v) is 22.0. The van der Waals surface area contributed by atoms with Crippen LogP contribution >= 0.6 is 23.1 Å². The summed E-state index contributed by atoms with van der Waals surface area (Å²) in [7, 11) is 0. The average Bonchev–Trinajstić information content (AvgIpc) is 3.46. The molecule has 0 aliphatic carbocycles. The number of hydrogen-bond donors (Lipinski definition) is 2. The van der Waals surface area contributed by atoms with Crippen molar-refractivity contribution in [3.63, 3.8) is 0 Å². The highest BCUT2D eigenvalue weighted by molar-refractivity contribution is 7.99. The van der Waals surface area contributed by atoms with E-state index in [2.05, 4.69) is 11.1 Å². The number of nitriles is 3. The predicted octanol–water partition coefficient (Wildman–Crippen LogP) is 4.69. The molecule has 1 aliphatic heterocycles. The number of esters is 1. The Balaban J connectivity index is 1.83. The molecular weight excluding hydrogens is 539 g/mol. The van der Waals surface area contributed by atoms with Crippen LogP contribution in [-0.4, -0.2) is 23.3 Å². The van der Waals surface area contributed by atoms with E-state index in [9.17, 15) is 25.0 Å². The number of nitrogens with two attached hydrogens (primary N) is 2. The number of aromatic nitrogens is 1. The Bertz CT molecular complexity index is 1630. The second kappa shape index (κ2) is 11.7. The molecule has 39 heavy (non-hydrogen) atoms. The van der Waals surface area contributed by atoms with Gasteiger partial charge in [-0.2, -0.15) is 15.8 Å². The first-order valence-electron chi connectivity index (χ1n) is 11.4. The van der Waals surface area contributed by atoms with Crippen LogP contribution in [0, 0.1) is 39.8 Å². The standard InChI is InChI=1S/C27H19FN6O3S2/c1-2-36-27(35)23-19(37-25(33)17(11-30)22(23)20-4-3-9-38-20)13-39-26-18(12-31)21(16(10-29)24(32)34-26)14-5-7-15(28)8-6-14/h3-9,22H,2,13,33H2,1H3,(H2,32,34)/t22-/m0/s1. The van der Waals surface area contributed by atoms with Crippen LogP contribution in [0.15, 0.2) is 69.6 Å². The number of pyridine rings is 1. The molecule has 0 unspecified atom stereocenters. The molecule has 0 radical (unpaired) electrons. The molecule has 1 atom stereocenters. The quantitative estimate of drug-likeness (QED) is 0.306. The van der Waals surface area contributed by atoms with Crippen molar-refractivity contribution in [1.29, 1.82) is 15.8 Å². The molecule has 194 valence electrons. The van der Waals surface area contributed by atoms with Crippen molar-refractivity contribution >= 4 is 34.9 Å². The van der Waals surface area contributed by atoms with Gasteiger partial charge >= 0.3 is 5.97 Å². The van der Waals surface area contributed by atoms with E-state index in [1.807, 2.05) is 17.5 Å². The third-order valence-electron chi connectivity index (χ3n) is 5.71. The van der Waals surface area contributed by atoms with Crippen LogP contribution in [0.1, 0.15) is 28.8 Å². The van der Waals surface area contributed by atoms with Gasteiger partial charge in [-0.05, 0) is 36.1 Å². The second-order valence-corrected chi connectivity index (χ2v) is 9.89. The number of hydrogen-bond acceptors (Lipinski definition) is 11. The molecule has 3 aromatic rings. The normalized spacial score (nSPS) is 14.7. The third kappa shape index (κ3) is 5.27. The number of carbonyl (C=O) groups excluding carboxylic acids is 1. The monoisotopic (exact) mass is 558 g/mol. The van der Waals surface area contributed by atoms with Crippen LogP contribution in [0.2, 0.25) is 0 Å². The molecule has 4 rings (SSSR count). The molecule has 1 aliphatic rings. The largest absolute Gasteiger partial charge is 0.463 e. The van der Waals surface area contributed by atoms with Gasteiger partial charge in [-0.1, -0.05) is 30.0 Å².